The zero-order valence-corrected chi connectivity index (χ0v) is 13.2. The van der Waals surface area contributed by atoms with Gasteiger partial charge in [-0.1, -0.05) is 5.11 Å². The number of carbonyl (C=O) groups is 1. The lowest BCUT2D eigenvalue weighted by atomic mass is 10.1. The van der Waals surface area contributed by atoms with Crippen LogP contribution in [0.2, 0.25) is 0 Å². The van der Waals surface area contributed by atoms with Crippen molar-refractivity contribution in [2.45, 2.75) is 24.2 Å². The molecular weight excluding hydrogens is 343 g/mol. The first-order chi connectivity index (χ1) is 11.8. The number of halogens is 1. The van der Waals surface area contributed by atoms with E-state index < -0.39 is 42.6 Å². The molecule has 1 aromatic rings. The van der Waals surface area contributed by atoms with E-state index >= 15 is 0 Å². The van der Waals surface area contributed by atoms with Crippen LogP contribution >= 0.6 is 0 Å². The second kappa shape index (κ2) is 7.03. The summed E-state index contributed by atoms with van der Waals surface area (Å²) in [7, 11) is 2.45. The van der Waals surface area contributed by atoms with Gasteiger partial charge in [0.05, 0.1) is 13.7 Å². The van der Waals surface area contributed by atoms with E-state index in [2.05, 4.69) is 19.7 Å². The van der Waals surface area contributed by atoms with Crippen molar-refractivity contribution in [2.24, 2.45) is 5.11 Å². The summed E-state index contributed by atoms with van der Waals surface area (Å²) >= 11 is 0. The normalized spacial score (nSPS) is 28.3. The van der Waals surface area contributed by atoms with Crippen LogP contribution in [0.5, 0.6) is 0 Å². The Bertz CT molecular complexity index is 767. The zero-order valence-electron chi connectivity index (χ0n) is 13.2. The maximum Gasteiger partial charge on any atom is 0.414 e. The number of methoxy groups -OCH3 is 1. The molecule has 0 saturated carbocycles. The Labute approximate surface area is 139 Å². The maximum absolute atomic E-state index is 14.4. The standard InChI is InChI=1S/C12H15FN6O6/c1-18(11(23)24-2)6-3-4-19(10(22)15-6)9-7(13)8(21)12(5-20,25-9)16-17-14/h3-4,7-9,20-21H,5H2,1-2H3/t7-,8-,9+,12+/m0/s1. The van der Waals surface area contributed by atoms with E-state index in [0.717, 1.165) is 18.2 Å². The molecule has 0 radical (unpaired) electrons. The van der Waals surface area contributed by atoms with E-state index in [-0.39, 0.29) is 5.82 Å². The number of hydrogen-bond acceptors (Lipinski definition) is 8. The molecular formula is C12H15FN6O6. The summed E-state index contributed by atoms with van der Waals surface area (Å²) in [5.41, 5.74) is 5.25. The molecule has 0 aromatic carbocycles. The summed E-state index contributed by atoms with van der Waals surface area (Å²) in [6.07, 6.45) is -5.56. The number of anilines is 1. The van der Waals surface area contributed by atoms with E-state index in [1.807, 2.05) is 0 Å². The monoisotopic (exact) mass is 358 g/mol. The molecule has 2 heterocycles. The summed E-state index contributed by atoms with van der Waals surface area (Å²) in [6, 6.07) is 1.22. The topological polar surface area (TPSA) is 163 Å². The summed E-state index contributed by atoms with van der Waals surface area (Å²) in [6.45, 7) is -1.000. The van der Waals surface area contributed by atoms with Gasteiger partial charge in [-0.05, 0) is 11.6 Å². The first-order valence-electron chi connectivity index (χ1n) is 6.89. The van der Waals surface area contributed by atoms with Crippen molar-refractivity contribution < 1.29 is 28.9 Å². The Morgan fingerprint density at radius 2 is 2.40 bits per heavy atom. The van der Waals surface area contributed by atoms with Gasteiger partial charge in [-0.25, -0.2) is 14.0 Å². The number of amides is 1. The van der Waals surface area contributed by atoms with E-state index in [1.165, 1.54) is 13.1 Å². The number of nitrogens with zero attached hydrogens (tertiary/aromatic N) is 6. The van der Waals surface area contributed by atoms with Crippen LogP contribution in [0.4, 0.5) is 15.0 Å². The number of rotatable bonds is 4. The fraction of sp³-hybridized carbons (Fsp3) is 0.583. The van der Waals surface area contributed by atoms with Gasteiger partial charge in [0.1, 0.15) is 11.9 Å². The van der Waals surface area contributed by atoms with Crippen molar-refractivity contribution >= 4 is 11.9 Å². The predicted octanol–water partition coefficient (Wildman–Crippen LogP) is -0.327. The van der Waals surface area contributed by atoms with Gasteiger partial charge < -0.3 is 19.7 Å². The number of carbonyl (C=O) groups excluding carboxylic acids is 1. The predicted molar refractivity (Wildman–Crippen MR) is 79.3 cm³/mol. The van der Waals surface area contributed by atoms with Crippen LogP contribution < -0.4 is 10.6 Å². The molecule has 136 valence electrons. The van der Waals surface area contributed by atoms with Crippen LogP contribution in [-0.2, 0) is 9.47 Å². The first-order valence-corrected chi connectivity index (χ1v) is 6.89. The molecule has 1 saturated heterocycles. The molecule has 12 nitrogen and oxygen atoms in total. The minimum absolute atomic E-state index is 0.0643. The highest BCUT2D eigenvalue weighted by Gasteiger charge is 2.56. The Hall–Kier alpha value is -2.73. The fourth-order valence-corrected chi connectivity index (χ4v) is 2.29. The molecule has 1 fully saturated rings. The quantitative estimate of drug-likeness (QED) is 0.423. The Kier molecular flexibility index (Phi) is 5.23. The summed E-state index contributed by atoms with van der Waals surface area (Å²) in [4.78, 5) is 30.5. The van der Waals surface area contributed by atoms with Gasteiger partial charge in [0, 0.05) is 18.2 Å². The molecule has 0 bridgehead atoms. The van der Waals surface area contributed by atoms with Gasteiger partial charge in [0.25, 0.3) is 0 Å². The van der Waals surface area contributed by atoms with Crippen molar-refractivity contribution in [3.8, 4) is 0 Å². The van der Waals surface area contributed by atoms with Gasteiger partial charge in [-0.15, -0.1) is 0 Å². The van der Waals surface area contributed by atoms with Crippen molar-refractivity contribution in [3.63, 3.8) is 0 Å². The molecule has 13 heteroatoms. The lowest BCUT2D eigenvalue weighted by molar-refractivity contribution is -0.124. The van der Waals surface area contributed by atoms with Crippen LogP contribution in [0.15, 0.2) is 22.2 Å². The van der Waals surface area contributed by atoms with E-state index in [9.17, 15) is 24.2 Å². The van der Waals surface area contributed by atoms with E-state index in [1.54, 1.807) is 0 Å². The van der Waals surface area contributed by atoms with Gasteiger partial charge in [0.2, 0.25) is 5.72 Å². The highest BCUT2D eigenvalue weighted by atomic mass is 19.1. The second-order valence-electron chi connectivity index (χ2n) is 5.09. The third-order valence-corrected chi connectivity index (χ3v) is 3.68. The van der Waals surface area contributed by atoms with Gasteiger partial charge in [-0.2, -0.15) is 4.98 Å². The number of aliphatic hydroxyl groups is 2. The lowest BCUT2D eigenvalue weighted by Crippen LogP contribution is -2.43. The molecule has 2 rings (SSSR count). The van der Waals surface area contributed by atoms with Gasteiger partial charge in [-0.3, -0.25) is 9.47 Å². The average Bonchev–Trinajstić information content (AvgIpc) is 2.86. The average molecular weight is 358 g/mol. The third-order valence-electron chi connectivity index (χ3n) is 3.68. The summed E-state index contributed by atoms with van der Waals surface area (Å²) in [5.74, 6) is -0.0643. The SMILES string of the molecule is COC(=O)N(C)c1ccn([C@@H]2O[C@@](CO)(N=[N+]=[N-])[C@@H](O)[C@@H]2F)c(=O)n1. The molecule has 25 heavy (non-hydrogen) atoms. The zero-order chi connectivity index (χ0) is 18.8. The Morgan fingerprint density at radius 1 is 1.72 bits per heavy atom. The van der Waals surface area contributed by atoms with Crippen LogP contribution in [0.3, 0.4) is 0 Å². The number of alkyl halides is 1. The minimum atomic E-state index is -2.26. The highest BCUT2D eigenvalue weighted by Crippen LogP contribution is 2.39. The van der Waals surface area contributed by atoms with Crippen molar-refractivity contribution in [1.82, 2.24) is 9.55 Å². The smallest absolute Gasteiger partial charge is 0.414 e. The number of aliphatic hydroxyl groups excluding tert-OH is 2. The maximum atomic E-state index is 14.4. The number of hydrogen-bond donors (Lipinski definition) is 2. The van der Waals surface area contributed by atoms with Crippen molar-refractivity contribution in [1.29, 1.82) is 0 Å². The number of azide groups is 1. The molecule has 2 N–H and O–H groups in total. The molecule has 4 atom stereocenters. The van der Waals surface area contributed by atoms with Crippen LogP contribution in [0.1, 0.15) is 6.23 Å². The Balaban J connectivity index is 2.38. The van der Waals surface area contributed by atoms with Crippen LogP contribution in [0, 0.1) is 0 Å². The lowest BCUT2D eigenvalue weighted by Gasteiger charge is -2.23. The molecule has 0 spiro atoms. The molecule has 1 amide bonds. The fourth-order valence-electron chi connectivity index (χ4n) is 2.29. The third kappa shape index (κ3) is 3.13. The summed E-state index contributed by atoms with van der Waals surface area (Å²) in [5, 5.41) is 22.3. The van der Waals surface area contributed by atoms with Crippen molar-refractivity contribution in [3.05, 3.63) is 33.2 Å². The largest absolute Gasteiger partial charge is 0.452 e. The number of ether oxygens (including phenoxy) is 2. The molecule has 0 aliphatic carbocycles. The number of aromatic nitrogens is 2. The van der Waals surface area contributed by atoms with E-state index in [0.29, 0.717) is 4.57 Å². The van der Waals surface area contributed by atoms with E-state index in [4.69, 9.17) is 10.3 Å². The first kappa shape index (κ1) is 18.6. The minimum Gasteiger partial charge on any atom is -0.452 e. The molecule has 0 unspecified atom stereocenters. The summed E-state index contributed by atoms with van der Waals surface area (Å²) < 4.78 is 24.7. The highest BCUT2D eigenvalue weighted by molar-refractivity contribution is 5.85. The molecule has 1 aliphatic rings. The molecule has 1 aromatic heterocycles. The second-order valence-corrected chi connectivity index (χ2v) is 5.09. The molecule has 1 aliphatic heterocycles. The van der Waals surface area contributed by atoms with Crippen LogP contribution in [-0.4, -0.2) is 64.6 Å². The van der Waals surface area contributed by atoms with Gasteiger partial charge >= 0.3 is 11.8 Å². The van der Waals surface area contributed by atoms with Crippen molar-refractivity contribution in [2.75, 3.05) is 25.7 Å². The van der Waals surface area contributed by atoms with Gasteiger partial charge in [0.15, 0.2) is 12.4 Å². The Morgan fingerprint density at radius 3 is 2.92 bits per heavy atom. The van der Waals surface area contributed by atoms with Crippen LogP contribution in [0.25, 0.3) is 10.4 Å².